The molecule has 1 aromatic carbocycles. The van der Waals surface area contributed by atoms with E-state index in [9.17, 15) is 4.79 Å². The Morgan fingerprint density at radius 2 is 1.93 bits per heavy atom. The number of halogens is 1. The van der Waals surface area contributed by atoms with E-state index in [-0.39, 0.29) is 18.0 Å². The van der Waals surface area contributed by atoms with Crippen LogP contribution in [-0.4, -0.2) is 45.5 Å². The van der Waals surface area contributed by atoms with E-state index in [0.29, 0.717) is 37.6 Å². The van der Waals surface area contributed by atoms with E-state index < -0.39 is 0 Å². The second-order valence-corrected chi connectivity index (χ2v) is 7.57. The van der Waals surface area contributed by atoms with Crippen molar-refractivity contribution in [2.45, 2.75) is 18.9 Å². The molecule has 154 valence electrons. The summed E-state index contributed by atoms with van der Waals surface area (Å²) in [6, 6.07) is 11.5. The lowest BCUT2D eigenvalue weighted by Gasteiger charge is -2.32. The van der Waals surface area contributed by atoms with Gasteiger partial charge in [0, 0.05) is 47.7 Å². The van der Waals surface area contributed by atoms with Gasteiger partial charge < -0.3 is 15.4 Å². The molecule has 1 aliphatic rings. The van der Waals surface area contributed by atoms with Crippen LogP contribution in [0.5, 0.6) is 0 Å². The summed E-state index contributed by atoms with van der Waals surface area (Å²) in [5.41, 5.74) is 9.12. The topological polar surface area (TPSA) is 94.2 Å². The third-order valence-corrected chi connectivity index (χ3v) is 5.29. The maximum absolute atomic E-state index is 12.7. The number of carbonyl (C=O) groups excluding carboxylic acids is 1. The summed E-state index contributed by atoms with van der Waals surface area (Å²) in [5.74, 6) is 0.345. The Morgan fingerprint density at radius 1 is 1.13 bits per heavy atom. The molecular weight excluding hydrogens is 402 g/mol. The van der Waals surface area contributed by atoms with Gasteiger partial charge in [-0.15, -0.1) is 0 Å². The zero-order valence-electron chi connectivity index (χ0n) is 16.4. The third kappa shape index (κ3) is 4.93. The lowest BCUT2D eigenvalue weighted by atomic mass is 10.1. The van der Waals surface area contributed by atoms with Gasteiger partial charge in [0.25, 0.3) is 0 Å². The van der Waals surface area contributed by atoms with E-state index in [4.69, 9.17) is 22.1 Å². The number of amides is 1. The Kier molecular flexibility index (Phi) is 6.21. The molecule has 8 heteroatoms. The molecule has 0 unspecified atom stereocenters. The number of morpholine rings is 1. The Labute approximate surface area is 179 Å². The van der Waals surface area contributed by atoms with E-state index in [1.165, 1.54) is 0 Å². The number of nitrogen functional groups attached to an aromatic ring is 1. The summed E-state index contributed by atoms with van der Waals surface area (Å²) in [7, 11) is 0. The third-order valence-electron chi connectivity index (χ3n) is 5.06. The summed E-state index contributed by atoms with van der Waals surface area (Å²) in [5, 5.41) is 0.687. The van der Waals surface area contributed by atoms with Gasteiger partial charge in [-0.05, 0) is 30.2 Å². The highest BCUT2D eigenvalue weighted by molar-refractivity contribution is 6.30. The van der Waals surface area contributed by atoms with Crippen molar-refractivity contribution >= 4 is 23.5 Å². The quantitative estimate of drug-likeness (QED) is 0.676. The first-order valence-corrected chi connectivity index (χ1v) is 10.1. The van der Waals surface area contributed by atoms with Gasteiger partial charge in [0.1, 0.15) is 6.10 Å². The van der Waals surface area contributed by atoms with Crippen molar-refractivity contribution in [2.24, 2.45) is 0 Å². The lowest BCUT2D eigenvalue weighted by Crippen LogP contribution is -2.42. The molecule has 0 aliphatic carbocycles. The number of anilines is 1. The Hall–Kier alpha value is -3.03. The van der Waals surface area contributed by atoms with Gasteiger partial charge in [-0.2, -0.15) is 0 Å². The second-order valence-electron chi connectivity index (χ2n) is 7.13. The highest BCUT2D eigenvalue weighted by Crippen LogP contribution is 2.24. The number of aryl methyl sites for hydroxylation is 1. The van der Waals surface area contributed by atoms with Gasteiger partial charge in [0.05, 0.1) is 18.8 Å². The SMILES string of the molecule is Nc1ncc(-c2ccc([C@@H]3CN(C(=O)CCc4cccc(Cl)c4)CCO3)nc2)cn1. The fourth-order valence-corrected chi connectivity index (χ4v) is 3.62. The molecule has 1 aliphatic heterocycles. The van der Waals surface area contributed by atoms with Crippen LogP contribution in [0.1, 0.15) is 23.8 Å². The van der Waals surface area contributed by atoms with Gasteiger partial charge in [-0.1, -0.05) is 29.8 Å². The first-order valence-electron chi connectivity index (χ1n) is 9.76. The van der Waals surface area contributed by atoms with Gasteiger partial charge in [-0.25, -0.2) is 9.97 Å². The Bertz CT molecular complexity index is 1010. The van der Waals surface area contributed by atoms with Crippen LogP contribution in [0.3, 0.4) is 0 Å². The highest BCUT2D eigenvalue weighted by Gasteiger charge is 2.26. The van der Waals surface area contributed by atoms with Crippen molar-refractivity contribution in [3.63, 3.8) is 0 Å². The second kappa shape index (κ2) is 9.19. The molecule has 7 nitrogen and oxygen atoms in total. The van der Waals surface area contributed by atoms with Crippen LogP contribution in [-0.2, 0) is 16.0 Å². The van der Waals surface area contributed by atoms with E-state index >= 15 is 0 Å². The van der Waals surface area contributed by atoms with Crippen molar-refractivity contribution in [3.8, 4) is 11.1 Å². The van der Waals surface area contributed by atoms with Crippen LogP contribution >= 0.6 is 11.6 Å². The fraction of sp³-hybridized carbons (Fsp3) is 0.273. The largest absolute Gasteiger partial charge is 0.368 e. The van der Waals surface area contributed by atoms with Gasteiger partial charge in [-0.3, -0.25) is 9.78 Å². The summed E-state index contributed by atoms with van der Waals surface area (Å²) < 4.78 is 5.87. The normalized spacial score (nSPS) is 16.4. The zero-order chi connectivity index (χ0) is 20.9. The van der Waals surface area contributed by atoms with Crippen molar-refractivity contribution in [3.05, 3.63) is 71.3 Å². The number of nitrogens with two attached hydrogens (primary N) is 1. The monoisotopic (exact) mass is 423 g/mol. The number of pyridine rings is 1. The number of aromatic nitrogens is 3. The number of nitrogens with zero attached hydrogens (tertiary/aromatic N) is 4. The molecule has 1 amide bonds. The minimum Gasteiger partial charge on any atom is -0.368 e. The van der Waals surface area contributed by atoms with Crippen molar-refractivity contribution in [2.75, 3.05) is 25.4 Å². The molecule has 4 rings (SSSR count). The Morgan fingerprint density at radius 3 is 2.67 bits per heavy atom. The molecule has 3 heterocycles. The van der Waals surface area contributed by atoms with Crippen LogP contribution < -0.4 is 5.73 Å². The van der Waals surface area contributed by atoms with Crippen molar-refractivity contribution < 1.29 is 9.53 Å². The summed E-state index contributed by atoms with van der Waals surface area (Å²) >= 11 is 6.02. The molecule has 30 heavy (non-hydrogen) atoms. The van der Waals surface area contributed by atoms with Crippen molar-refractivity contribution in [1.29, 1.82) is 0 Å². The van der Waals surface area contributed by atoms with Crippen LogP contribution in [0.15, 0.2) is 55.0 Å². The smallest absolute Gasteiger partial charge is 0.223 e. The number of ether oxygens (including phenoxy) is 1. The molecule has 2 aromatic heterocycles. The van der Waals surface area contributed by atoms with E-state index in [1.807, 2.05) is 41.3 Å². The predicted octanol–water partition coefficient (Wildman–Crippen LogP) is 3.31. The molecule has 2 N–H and O–H groups in total. The summed E-state index contributed by atoms with van der Waals surface area (Å²) in [6.07, 6.45) is 5.94. The number of carbonyl (C=O) groups is 1. The Balaban J connectivity index is 1.37. The summed E-state index contributed by atoms with van der Waals surface area (Å²) in [4.78, 5) is 27.1. The maximum Gasteiger partial charge on any atom is 0.223 e. The minimum atomic E-state index is -0.245. The fourth-order valence-electron chi connectivity index (χ4n) is 3.41. The first kappa shape index (κ1) is 20.3. The standard InChI is InChI=1S/C22H22ClN5O2/c23-18-3-1-2-15(10-18)4-7-21(29)28-8-9-30-20(14-28)19-6-5-16(11-25-19)17-12-26-22(24)27-13-17/h1-3,5-6,10-13,20H,4,7-9,14H2,(H2,24,26,27)/t20-/m0/s1. The molecule has 0 spiro atoms. The molecule has 1 fully saturated rings. The van der Waals surface area contributed by atoms with Gasteiger partial charge in [0.2, 0.25) is 11.9 Å². The molecule has 1 atom stereocenters. The zero-order valence-corrected chi connectivity index (χ0v) is 17.1. The molecular formula is C22H22ClN5O2. The van der Waals surface area contributed by atoms with Gasteiger partial charge >= 0.3 is 0 Å². The molecule has 0 saturated carbocycles. The highest BCUT2D eigenvalue weighted by atomic mass is 35.5. The molecule has 0 radical (unpaired) electrons. The average Bonchev–Trinajstić information content (AvgIpc) is 2.78. The first-order chi connectivity index (χ1) is 14.6. The average molecular weight is 424 g/mol. The van der Waals surface area contributed by atoms with E-state index in [1.54, 1.807) is 18.6 Å². The predicted molar refractivity (Wildman–Crippen MR) is 115 cm³/mol. The number of rotatable bonds is 5. The molecule has 0 bridgehead atoms. The van der Waals surface area contributed by atoms with Crippen LogP contribution in [0.25, 0.3) is 11.1 Å². The van der Waals surface area contributed by atoms with Crippen LogP contribution in [0, 0.1) is 0 Å². The van der Waals surface area contributed by atoms with Gasteiger partial charge in [0.15, 0.2) is 0 Å². The molecule has 1 saturated heterocycles. The maximum atomic E-state index is 12.7. The number of benzene rings is 1. The van der Waals surface area contributed by atoms with E-state index in [2.05, 4.69) is 15.0 Å². The summed E-state index contributed by atoms with van der Waals surface area (Å²) in [6.45, 7) is 1.57. The number of hydrogen-bond acceptors (Lipinski definition) is 6. The van der Waals surface area contributed by atoms with Crippen LogP contribution in [0.4, 0.5) is 5.95 Å². The number of hydrogen-bond donors (Lipinski definition) is 1. The van der Waals surface area contributed by atoms with E-state index in [0.717, 1.165) is 22.4 Å². The van der Waals surface area contributed by atoms with Crippen LogP contribution in [0.2, 0.25) is 5.02 Å². The molecule has 3 aromatic rings. The minimum absolute atomic E-state index is 0.110. The lowest BCUT2D eigenvalue weighted by molar-refractivity contribution is -0.139. The van der Waals surface area contributed by atoms with Crippen molar-refractivity contribution in [1.82, 2.24) is 19.9 Å².